The van der Waals surface area contributed by atoms with Gasteiger partial charge in [-0.2, -0.15) is 0 Å². The minimum Gasteiger partial charge on any atom is -0.384 e. The van der Waals surface area contributed by atoms with Crippen molar-refractivity contribution in [3.05, 3.63) is 34.3 Å². The van der Waals surface area contributed by atoms with Crippen molar-refractivity contribution >= 4 is 29.1 Å². The Balaban J connectivity index is 1.96. The average molecular weight is 345 g/mol. The van der Waals surface area contributed by atoms with E-state index in [1.807, 2.05) is 17.0 Å². The van der Waals surface area contributed by atoms with Crippen molar-refractivity contribution in [2.75, 3.05) is 45.8 Å². The quantitative estimate of drug-likeness (QED) is 0.743. The van der Waals surface area contributed by atoms with Crippen LogP contribution in [0.1, 0.15) is 11.1 Å². The molecule has 0 atom stereocenters. The van der Waals surface area contributed by atoms with Gasteiger partial charge in [-0.3, -0.25) is 9.69 Å². The average Bonchev–Trinajstić information content (AvgIpc) is 2.54. The molecular formula is C16H22Cl2N2O2. The molecule has 0 N–H and O–H groups in total. The molecule has 1 fully saturated rings. The normalized spacial score (nSPS) is 16.0. The van der Waals surface area contributed by atoms with Crippen molar-refractivity contribution in [2.45, 2.75) is 13.0 Å². The number of rotatable bonds is 6. The molecule has 122 valence electrons. The van der Waals surface area contributed by atoms with E-state index in [0.717, 1.165) is 44.2 Å². The molecule has 6 heteroatoms. The van der Waals surface area contributed by atoms with Gasteiger partial charge in [0.2, 0.25) is 5.91 Å². The molecule has 0 spiro atoms. The van der Waals surface area contributed by atoms with E-state index in [-0.39, 0.29) is 11.8 Å². The first-order valence-electron chi connectivity index (χ1n) is 7.46. The molecule has 0 aliphatic carbocycles. The zero-order valence-electron chi connectivity index (χ0n) is 12.9. The van der Waals surface area contributed by atoms with Crippen molar-refractivity contribution < 1.29 is 9.53 Å². The van der Waals surface area contributed by atoms with Crippen molar-refractivity contribution in [3.8, 4) is 0 Å². The predicted octanol–water partition coefficient (Wildman–Crippen LogP) is 2.41. The molecule has 2 rings (SSSR count). The van der Waals surface area contributed by atoms with Crippen LogP contribution in [0.4, 0.5) is 0 Å². The smallest absolute Gasteiger partial charge is 0.237 e. The van der Waals surface area contributed by atoms with E-state index in [4.69, 9.17) is 27.9 Å². The number of ether oxygens (including phenoxy) is 1. The van der Waals surface area contributed by atoms with Gasteiger partial charge >= 0.3 is 0 Å². The maximum Gasteiger partial charge on any atom is 0.237 e. The molecule has 1 aromatic carbocycles. The summed E-state index contributed by atoms with van der Waals surface area (Å²) in [5.41, 5.74) is 2.51. The number of alkyl halides is 1. The van der Waals surface area contributed by atoms with E-state index >= 15 is 0 Å². The number of amides is 1. The van der Waals surface area contributed by atoms with E-state index in [0.29, 0.717) is 6.61 Å². The standard InChI is InChI=1S/C16H22Cl2N2O2/c1-22-9-4-13-2-3-15(18)10-14(13)12-19-5-7-20(8-6-19)16(21)11-17/h2-3,10H,4-9,11-12H2,1H3. The molecule has 1 saturated heterocycles. The molecule has 0 saturated carbocycles. The molecule has 1 aliphatic rings. The summed E-state index contributed by atoms with van der Waals surface area (Å²) < 4.78 is 5.17. The van der Waals surface area contributed by atoms with Crippen molar-refractivity contribution in [2.24, 2.45) is 0 Å². The maximum atomic E-state index is 11.6. The summed E-state index contributed by atoms with van der Waals surface area (Å²) in [5.74, 6) is 0.0833. The minimum atomic E-state index is 0.0184. The molecule has 22 heavy (non-hydrogen) atoms. The third kappa shape index (κ3) is 4.85. The van der Waals surface area contributed by atoms with Gasteiger partial charge in [-0.15, -0.1) is 11.6 Å². The molecule has 0 radical (unpaired) electrons. The van der Waals surface area contributed by atoms with Crippen LogP contribution >= 0.6 is 23.2 Å². The summed E-state index contributed by atoms with van der Waals surface area (Å²) in [7, 11) is 1.71. The van der Waals surface area contributed by atoms with Crippen LogP contribution in [-0.2, 0) is 22.5 Å². The summed E-state index contributed by atoms with van der Waals surface area (Å²) in [5, 5.41) is 0.757. The van der Waals surface area contributed by atoms with Gasteiger partial charge in [-0.1, -0.05) is 17.7 Å². The lowest BCUT2D eigenvalue weighted by Gasteiger charge is -2.34. The number of carbonyl (C=O) groups excluding carboxylic acids is 1. The van der Waals surface area contributed by atoms with E-state index in [9.17, 15) is 4.79 Å². The van der Waals surface area contributed by atoms with Gasteiger partial charge in [0, 0.05) is 44.9 Å². The Morgan fingerprint density at radius 1 is 1.23 bits per heavy atom. The summed E-state index contributed by atoms with van der Waals surface area (Å²) in [6.07, 6.45) is 0.883. The fraction of sp³-hybridized carbons (Fsp3) is 0.562. The SMILES string of the molecule is COCCc1ccc(Cl)cc1CN1CCN(C(=O)CCl)CC1. The minimum absolute atomic E-state index is 0.0184. The third-order valence-corrected chi connectivity index (χ3v) is 4.44. The Morgan fingerprint density at radius 3 is 2.59 bits per heavy atom. The molecule has 0 unspecified atom stereocenters. The Morgan fingerprint density at radius 2 is 1.95 bits per heavy atom. The molecule has 4 nitrogen and oxygen atoms in total. The van der Waals surface area contributed by atoms with Crippen LogP contribution in [-0.4, -0.2) is 61.5 Å². The lowest BCUT2D eigenvalue weighted by Crippen LogP contribution is -2.48. The Bertz CT molecular complexity index is 503. The van der Waals surface area contributed by atoms with E-state index in [1.54, 1.807) is 7.11 Å². The number of halogens is 2. The van der Waals surface area contributed by atoms with Crippen LogP contribution in [0.3, 0.4) is 0 Å². The third-order valence-electron chi connectivity index (χ3n) is 3.98. The Labute approximate surface area is 141 Å². The molecule has 1 heterocycles. The van der Waals surface area contributed by atoms with Crippen LogP contribution < -0.4 is 0 Å². The van der Waals surface area contributed by atoms with Gasteiger partial charge in [0.1, 0.15) is 5.88 Å². The number of hydrogen-bond acceptors (Lipinski definition) is 3. The largest absolute Gasteiger partial charge is 0.384 e. The highest BCUT2D eigenvalue weighted by Crippen LogP contribution is 2.19. The topological polar surface area (TPSA) is 32.8 Å². The van der Waals surface area contributed by atoms with Gasteiger partial charge in [0.15, 0.2) is 0 Å². The van der Waals surface area contributed by atoms with Crippen molar-refractivity contribution in [1.82, 2.24) is 9.80 Å². The summed E-state index contributed by atoms with van der Waals surface area (Å²) >= 11 is 11.7. The Hall–Kier alpha value is -0.810. The second-order valence-corrected chi connectivity index (χ2v) is 6.15. The monoisotopic (exact) mass is 344 g/mol. The van der Waals surface area contributed by atoms with E-state index in [2.05, 4.69) is 11.0 Å². The van der Waals surface area contributed by atoms with Crippen LogP contribution in [0.15, 0.2) is 18.2 Å². The lowest BCUT2D eigenvalue weighted by molar-refractivity contribution is -0.130. The number of benzene rings is 1. The highest BCUT2D eigenvalue weighted by Gasteiger charge is 2.21. The van der Waals surface area contributed by atoms with Crippen LogP contribution in [0.5, 0.6) is 0 Å². The molecule has 1 aromatic rings. The van der Waals surface area contributed by atoms with Gasteiger partial charge in [0.05, 0.1) is 6.61 Å². The molecule has 0 bridgehead atoms. The van der Waals surface area contributed by atoms with Crippen LogP contribution in [0.25, 0.3) is 0 Å². The van der Waals surface area contributed by atoms with E-state index in [1.165, 1.54) is 11.1 Å². The first kappa shape index (κ1) is 17.5. The number of methoxy groups -OCH3 is 1. The summed E-state index contributed by atoms with van der Waals surface area (Å²) in [4.78, 5) is 15.8. The second-order valence-electron chi connectivity index (χ2n) is 5.45. The number of hydrogen-bond donors (Lipinski definition) is 0. The Kier molecular flexibility index (Phi) is 6.96. The van der Waals surface area contributed by atoms with Crippen molar-refractivity contribution in [3.63, 3.8) is 0 Å². The molecule has 1 amide bonds. The summed E-state index contributed by atoms with van der Waals surface area (Å²) in [6, 6.07) is 6.03. The van der Waals surface area contributed by atoms with Gasteiger partial charge in [-0.25, -0.2) is 0 Å². The summed E-state index contributed by atoms with van der Waals surface area (Å²) in [6.45, 7) is 4.74. The maximum absolute atomic E-state index is 11.6. The first-order chi connectivity index (χ1) is 10.6. The van der Waals surface area contributed by atoms with Crippen molar-refractivity contribution in [1.29, 1.82) is 0 Å². The van der Waals surface area contributed by atoms with Gasteiger partial charge < -0.3 is 9.64 Å². The number of piperazine rings is 1. The second kappa shape index (κ2) is 8.73. The molecular weight excluding hydrogens is 323 g/mol. The van der Waals surface area contributed by atoms with Gasteiger partial charge in [-0.05, 0) is 29.7 Å². The highest BCUT2D eigenvalue weighted by molar-refractivity contribution is 6.30. The number of nitrogens with zero attached hydrogens (tertiary/aromatic N) is 2. The highest BCUT2D eigenvalue weighted by atomic mass is 35.5. The van der Waals surface area contributed by atoms with Crippen LogP contribution in [0, 0.1) is 0 Å². The fourth-order valence-corrected chi connectivity index (χ4v) is 3.04. The van der Waals surface area contributed by atoms with Gasteiger partial charge in [0.25, 0.3) is 0 Å². The molecule has 1 aliphatic heterocycles. The number of carbonyl (C=O) groups is 1. The zero-order chi connectivity index (χ0) is 15.9. The van der Waals surface area contributed by atoms with E-state index < -0.39 is 0 Å². The van der Waals surface area contributed by atoms with Crippen LogP contribution in [0.2, 0.25) is 5.02 Å². The fourth-order valence-electron chi connectivity index (χ4n) is 2.68. The first-order valence-corrected chi connectivity index (χ1v) is 8.37. The lowest BCUT2D eigenvalue weighted by atomic mass is 10.0. The zero-order valence-corrected chi connectivity index (χ0v) is 14.4. The predicted molar refractivity (Wildman–Crippen MR) is 89.6 cm³/mol. The molecule has 0 aromatic heterocycles.